The van der Waals surface area contributed by atoms with Gasteiger partial charge in [-0.15, -0.1) is 11.8 Å². The molecule has 2 aliphatic heterocycles. The van der Waals surface area contributed by atoms with Gasteiger partial charge in [0.25, 0.3) is 5.91 Å². The minimum absolute atomic E-state index is 0.190. The van der Waals surface area contributed by atoms with E-state index in [-0.39, 0.29) is 17.1 Å². The lowest BCUT2D eigenvalue weighted by Crippen LogP contribution is -2.58. The summed E-state index contributed by atoms with van der Waals surface area (Å²) >= 11 is 1.41. The molecule has 0 unspecified atom stereocenters. The van der Waals surface area contributed by atoms with Crippen molar-refractivity contribution in [1.29, 1.82) is 0 Å². The first-order valence-corrected chi connectivity index (χ1v) is 8.29. The van der Waals surface area contributed by atoms with Crippen LogP contribution in [0.25, 0.3) is 0 Å². The molecule has 9 heteroatoms. The van der Waals surface area contributed by atoms with Gasteiger partial charge in [0.1, 0.15) is 23.1 Å². The minimum Gasteiger partial charge on any atom is -0.481 e. The molecule has 0 spiro atoms. The molecule has 2 saturated heterocycles. The second-order valence-electron chi connectivity index (χ2n) is 6.88. The fourth-order valence-corrected chi connectivity index (χ4v) is 3.87. The molecule has 0 radical (unpaired) electrons. The molecule has 0 saturated carbocycles. The highest BCUT2D eigenvalue weighted by Crippen LogP contribution is 2.52. The van der Waals surface area contributed by atoms with E-state index < -0.39 is 28.1 Å². The summed E-state index contributed by atoms with van der Waals surface area (Å²) in [5.74, 6) is -2.62. The summed E-state index contributed by atoms with van der Waals surface area (Å²) in [4.78, 5) is 55.2. The first-order valence-electron chi connectivity index (χ1n) is 7.41. The lowest BCUT2D eigenvalue weighted by molar-refractivity contribution is -0.152. The van der Waals surface area contributed by atoms with Crippen LogP contribution in [0.2, 0.25) is 0 Å². The van der Waals surface area contributed by atoms with Crippen molar-refractivity contribution < 1.29 is 34.2 Å². The highest BCUT2D eigenvalue weighted by molar-refractivity contribution is 8.01. The number of carbonyl (C=O) groups excluding carboxylic acids is 3. The van der Waals surface area contributed by atoms with Crippen molar-refractivity contribution in [1.82, 2.24) is 4.90 Å². The summed E-state index contributed by atoms with van der Waals surface area (Å²) in [6.07, 6.45) is 1.71. The standard InChI is InChI=1S/C11H13NO4S.C5H8O3/c1-5(13)4-6-8(14)12-7(10(15)16)11(2,3)17-9(6)12;1-5(2,3-6)4(7)8/h4,7,9H,1-3H3,(H,15,16);3H,1-2H3,(H,7,8)/t7-,9+;/m0./s1. The minimum atomic E-state index is -1.22. The zero-order chi connectivity index (χ0) is 19.7. The smallest absolute Gasteiger partial charge is 0.327 e. The number of ketones is 1. The zero-order valence-electron chi connectivity index (χ0n) is 14.6. The van der Waals surface area contributed by atoms with E-state index in [1.807, 2.05) is 0 Å². The summed E-state index contributed by atoms with van der Waals surface area (Å²) in [5.41, 5.74) is -0.806. The van der Waals surface area contributed by atoms with Gasteiger partial charge in [0.05, 0.1) is 5.57 Å². The lowest BCUT2D eigenvalue weighted by atomic mass is 9.95. The van der Waals surface area contributed by atoms with E-state index in [0.717, 1.165) is 0 Å². The fourth-order valence-electron chi connectivity index (χ4n) is 2.32. The quantitative estimate of drug-likeness (QED) is 0.323. The maximum Gasteiger partial charge on any atom is 0.327 e. The highest BCUT2D eigenvalue weighted by Gasteiger charge is 2.61. The second-order valence-corrected chi connectivity index (χ2v) is 8.62. The largest absolute Gasteiger partial charge is 0.481 e. The van der Waals surface area contributed by atoms with Crippen LogP contribution in [0.5, 0.6) is 0 Å². The molecule has 0 aromatic heterocycles. The number of hydrogen-bond donors (Lipinski definition) is 2. The first kappa shape index (κ1) is 20.9. The molecule has 2 aliphatic rings. The van der Waals surface area contributed by atoms with E-state index in [0.29, 0.717) is 11.9 Å². The number of carbonyl (C=O) groups is 5. The predicted octanol–water partition coefficient (Wildman–Crippen LogP) is 0.945. The van der Waals surface area contributed by atoms with Gasteiger partial charge in [-0.25, -0.2) is 4.79 Å². The van der Waals surface area contributed by atoms with Gasteiger partial charge in [-0.3, -0.25) is 14.4 Å². The topological polar surface area (TPSA) is 129 Å². The predicted molar refractivity (Wildman–Crippen MR) is 90.0 cm³/mol. The Morgan fingerprint density at radius 1 is 1.24 bits per heavy atom. The maximum atomic E-state index is 11.8. The molecule has 2 atom stereocenters. The molecule has 0 aromatic rings. The Kier molecular flexibility index (Phi) is 5.84. The molecule has 2 heterocycles. The summed E-state index contributed by atoms with van der Waals surface area (Å²) < 4.78 is -0.543. The first-order chi connectivity index (χ1) is 11.3. The molecule has 2 fully saturated rings. The number of rotatable bonds is 4. The Morgan fingerprint density at radius 3 is 2.08 bits per heavy atom. The van der Waals surface area contributed by atoms with Crippen LogP contribution >= 0.6 is 11.8 Å². The van der Waals surface area contributed by atoms with Crippen LogP contribution in [-0.2, 0) is 24.0 Å². The average Bonchev–Trinajstić information content (AvgIpc) is 2.73. The highest BCUT2D eigenvalue weighted by atomic mass is 32.2. The molecule has 0 aliphatic carbocycles. The molecule has 2 rings (SSSR count). The normalized spacial score (nSPS) is 25.4. The monoisotopic (exact) mass is 371 g/mol. The van der Waals surface area contributed by atoms with Crippen LogP contribution in [0.1, 0.15) is 34.6 Å². The number of β-lactam (4-membered cyclic amide) rings is 1. The van der Waals surface area contributed by atoms with Gasteiger partial charge in [-0.1, -0.05) is 0 Å². The van der Waals surface area contributed by atoms with Crippen molar-refractivity contribution in [3.63, 3.8) is 0 Å². The SMILES string of the molecule is CC(=O)C=C1C(=O)N2[C@@H]1SC(C)(C)[C@@H]2C(=O)O.CC(C)(C=O)C(=O)O. The number of fused-ring (bicyclic) bond motifs is 1. The number of nitrogens with zero attached hydrogens (tertiary/aromatic N) is 1. The van der Waals surface area contributed by atoms with Gasteiger partial charge >= 0.3 is 11.9 Å². The van der Waals surface area contributed by atoms with Gasteiger partial charge in [0.2, 0.25) is 0 Å². The van der Waals surface area contributed by atoms with Crippen LogP contribution in [0.3, 0.4) is 0 Å². The van der Waals surface area contributed by atoms with E-state index >= 15 is 0 Å². The Labute approximate surface area is 149 Å². The molecular formula is C16H21NO7S. The Morgan fingerprint density at radius 2 is 1.76 bits per heavy atom. The molecule has 0 aromatic carbocycles. The Balaban J connectivity index is 0.000000333. The van der Waals surface area contributed by atoms with Crippen molar-refractivity contribution in [3.8, 4) is 0 Å². The second kappa shape index (κ2) is 6.99. The molecule has 8 nitrogen and oxygen atoms in total. The van der Waals surface area contributed by atoms with Crippen molar-refractivity contribution in [2.45, 2.75) is 50.8 Å². The van der Waals surface area contributed by atoms with Crippen LogP contribution < -0.4 is 0 Å². The van der Waals surface area contributed by atoms with Gasteiger partial charge in [-0.05, 0) is 40.7 Å². The van der Waals surface area contributed by atoms with E-state index in [1.165, 1.54) is 43.5 Å². The maximum absolute atomic E-state index is 11.8. The van der Waals surface area contributed by atoms with Crippen LogP contribution in [0, 0.1) is 5.41 Å². The van der Waals surface area contributed by atoms with Crippen LogP contribution in [0.15, 0.2) is 11.6 Å². The molecule has 2 N–H and O–H groups in total. The van der Waals surface area contributed by atoms with E-state index in [4.69, 9.17) is 10.2 Å². The number of amides is 1. The van der Waals surface area contributed by atoms with Crippen molar-refractivity contribution in [2.24, 2.45) is 5.41 Å². The van der Waals surface area contributed by atoms with Crippen molar-refractivity contribution in [2.75, 3.05) is 0 Å². The van der Waals surface area contributed by atoms with Gasteiger partial charge in [0, 0.05) is 4.75 Å². The van der Waals surface area contributed by atoms with Crippen molar-refractivity contribution >= 4 is 41.7 Å². The summed E-state index contributed by atoms with van der Waals surface area (Å²) in [5, 5.41) is 17.1. The van der Waals surface area contributed by atoms with Crippen molar-refractivity contribution in [3.05, 3.63) is 11.6 Å². The number of carboxylic acid groups (broad SMARTS) is 2. The number of aliphatic carboxylic acids is 2. The number of carboxylic acids is 2. The Bertz CT molecular complexity index is 665. The number of allylic oxidation sites excluding steroid dienone is 1. The van der Waals surface area contributed by atoms with Crippen LogP contribution in [0.4, 0.5) is 0 Å². The third-order valence-electron chi connectivity index (χ3n) is 3.79. The van der Waals surface area contributed by atoms with Crippen LogP contribution in [-0.4, -0.2) is 61.2 Å². The lowest BCUT2D eigenvalue weighted by Gasteiger charge is -2.38. The third kappa shape index (κ3) is 4.09. The number of aldehydes is 1. The number of hydrogen-bond acceptors (Lipinski definition) is 6. The van der Waals surface area contributed by atoms with Gasteiger partial charge in [-0.2, -0.15) is 0 Å². The summed E-state index contributed by atoms with van der Waals surface area (Å²) in [6.45, 7) is 7.67. The van der Waals surface area contributed by atoms with Gasteiger partial charge in [0.15, 0.2) is 5.78 Å². The Hall–Kier alpha value is -2.16. The zero-order valence-corrected chi connectivity index (χ0v) is 15.4. The summed E-state index contributed by atoms with van der Waals surface area (Å²) in [7, 11) is 0. The molecule has 25 heavy (non-hydrogen) atoms. The summed E-state index contributed by atoms with van der Waals surface area (Å²) in [6, 6.07) is -0.825. The number of thioether (sulfide) groups is 1. The fraction of sp³-hybridized carbons (Fsp3) is 0.562. The molecule has 138 valence electrons. The third-order valence-corrected chi connectivity index (χ3v) is 5.33. The molecule has 0 bridgehead atoms. The average molecular weight is 371 g/mol. The van der Waals surface area contributed by atoms with Gasteiger partial charge < -0.3 is 19.9 Å². The van der Waals surface area contributed by atoms with E-state index in [9.17, 15) is 24.0 Å². The molecular weight excluding hydrogens is 350 g/mol. The molecule has 1 amide bonds. The van der Waals surface area contributed by atoms with E-state index in [2.05, 4.69) is 0 Å². The van der Waals surface area contributed by atoms with E-state index in [1.54, 1.807) is 13.8 Å².